The quantitative estimate of drug-likeness (QED) is 0.577. The summed E-state index contributed by atoms with van der Waals surface area (Å²) in [6, 6.07) is 8.73. The van der Waals surface area contributed by atoms with E-state index < -0.39 is 10.0 Å². The molecule has 3 N–H and O–H groups in total. The minimum Gasteiger partial charge on any atom is -0.315 e. The molecule has 1 aromatic carbocycles. The zero-order valence-corrected chi connectivity index (χ0v) is 16.4. The van der Waals surface area contributed by atoms with Crippen LogP contribution in [-0.4, -0.2) is 32.5 Å². The van der Waals surface area contributed by atoms with Crippen molar-refractivity contribution in [3.8, 4) is 0 Å². The fraction of sp³-hybridized carbons (Fsp3) is 0.471. The predicted octanol–water partition coefficient (Wildman–Crippen LogP) is 1.94. The van der Waals surface area contributed by atoms with Crippen molar-refractivity contribution >= 4 is 21.4 Å². The van der Waals surface area contributed by atoms with E-state index in [9.17, 15) is 13.2 Å². The third kappa shape index (κ3) is 5.78. The Morgan fingerprint density at radius 1 is 1.16 bits per heavy atom. The van der Waals surface area contributed by atoms with E-state index in [1.165, 1.54) is 11.1 Å². The van der Waals surface area contributed by atoms with Gasteiger partial charge in [-0.15, -0.1) is 0 Å². The summed E-state index contributed by atoms with van der Waals surface area (Å²) in [4.78, 5) is 13.4. The first-order valence-corrected chi connectivity index (χ1v) is 10.6. The molecular weight excluding hydrogens is 358 g/mol. The molecule has 1 unspecified atom stereocenters. The standard InChI is InChI=1S/C17H25N3O3S2/c1-4-15(11-14-7-5-12(2)6-8-14)18-9-10-19-25(22,23)16-13(3)20-17(21)24-16/h5-8,15,18-19H,4,9-11H2,1-3H3,(H,20,21). The van der Waals surface area contributed by atoms with Crippen LogP contribution in [0.1, 0.15) is 30.2 Å². The minimum atomic E-state index is -3.64. The normalized spacial score (nSPS) is 13.1. The monoisotopic (exact) mass is 383 g/mol. The second kappa shape index (κ2) is 8.75. The first kappa shape index (κ1) is 19.8. The van der Waals surface area contributed by atoms with Gasteiger partial charge in [-0.2, -0.15) is 0 Å². The third-order valence-electron chi connectivity index (χ3n) is 3.97. The first-order valence-electron chi connectivity index (χ1n) is 8.30. The molecule has 2 rings (SSSR count). The highest BCUT2D eigenvalue weighted by Gasteiger charge is 2.20. The maximum atomic E-state index is 12.2. The second-order valence-corrected chi connectivity index (χ2v) is 9.02. The van der Waals surface area contributed by atoms with Gasteiger partial charge in [0, 0.05) is 24.8 Å². The van der Waals surface area contributed by atoms with Gasteiger partial charge in [0.1, 0.15) is 0 Å². The van der Waals surface area contributed by atoms with Crippen LogP contribution in [0, 0.1) is 13.8 Å². The molecule has 0 aliphatic carbocycles. The molecule has 0 spiro atoms. The maximum absolute atomic E-state index is 12.2. The number of benzene rings is 1. The third-order valence-corrected chi connectivity index (χ3v) is 7.04. The first-order chi connectivity index (χ1) is 11.8. The number of aromatic nitrogens is 1. The van der Waals surface area contributed by atoms with Crippen molar-refractivity contribution in [2.75, 3.05) is 13.1 Å². The lowest BCUT2D eigenvalue weighted by Crippen LogP contribution is -2.37. The lowest BCUT2D eigenvalue weighted by Gasteiger charge is -2.17. The van der Waals surface area contributed by atoms with Crippen molar-refractivity contribution in [3.05, 3.63) is 50.8 Å². The zero-order chi connectivity index (χ0) is 18.4. The molecule has 0 saturated heterocycles. The van der Waals surface area contributed by atoms with Gasteiger partial charge in [0.05, 0.1) is 0 Å². The average Bonchev–Trinajstić information content (AvgIpc) is 2.91. The van der Waals surface area contributed by atoms with Crippen LogP contribution in [0.3, 0.4) is 0 Å². The number of sulfonamides is 1. The van der Waals surface area contributed by atoms with E-state index in [4.69, 9.17) is 0 Å². The summed E-state index contributed by atoms with van der Waals surface area (Å²) in [6.45, 7) is 6.56. The summed E-state index contributed by atoms with van der Waals surface area (Å²) in [7, 11) is -3.64. The molecule has 8 heteroatoms. The highest BCUT2D eigenvalue weighted by Crippen LogP contribution is 2.15. The summed E-state index contributed by atoms with van der Waals surface area (Å²) >= 11 is 0.711. The largest absolute Gasteiger partial charge is 0.315 e. The SMILES string of the molecule is CCC(Cc1ccc(C)cc1)NCCNS(=O)(=O)c1sc(=O)[nH]c1C. The minimum absolute atomic E-state index is 0.0594. The van der Waals surface area contributed by atoms with E-state index in [0.717, 1.165) is 12.8 Å². The van der Waals surface area contributed by atoms with Crippen LogP contribution in [0.2, 0.25) is 0 Å². The molecule has 1 heterocycles. The molecule has 25 heavy (non-hydrogen) atoms. The molecule has 1 atom stereocenters. The molecule has 0 aliphatic rings. The number of thiazole rings is 1. The van der Waals surface area contributed by atoms with E-state index in [1.807, 2.05) is 0 Å². The van der Waals surface area contributed by atoms with Crippen LogP contribution in [-0.2, 0) is 16.4 Å². The van der Waals surface area contributed by atoms with Crippen LogP contribution in [0.15, 0.2) is 33.3 Å². The van der Waals surface area contributed by atoms with Gasteiger partial charge in [-0.3, -0.25) is 4.79 Å². The van der Waals surface area contributed by atoms with Crippen molar-refractivity contribution in [3.63, 3.8) is 0 Å². The highest BCUT2D eigenvalue weighted by molar-refractivity contribution is 7.91. The molecule has 0 amide bonds. The lowest BCUT2D eigenvalue weighted by molar-refractivity contribution is 0.494. The summed E-state index contributed by atoms with van der Waals surface area (Å²) in [5.74, 6) is 0. The van der Waals surface area contributed by atoms with Gasteiger partial charge >= 0.3 is 4.87 Å². The Bertz CT molecular complexity index is 839. The molecule has 0 saturated carbocycles. The van der Waals surface area contributed by atoms with Crippen molar-refractivity contribution < 1.29 is 8.42 Å². The topological polar surface area (TPSA) is 91.1 Å². The predicted molar refractivity (Wildman–Crippen MR) is 102 cm³/mol. The smallest absolute Gasteiger partial charge is 0.305 e. The number of aromatic amines is 1. The Labute approximate surface area is 152 Å². The van der Waals surface area contributed by atoms with Crippen LogP contribution in [0.5, 0.6) is 0 Å². The van der Waals surface area contributed by atoms with Crippen molar-refractivity contribution in [2.24, 2.45) is 0 Å². The van der Waals surface area contributed by atoms with Crippen LogP contribution >= 0.6 is 11.3 Å². The van der Waals surface area contributed by atoms with Gasteiger partial charge in [-0.25, -0.2) is 13.1 Å². The van der Waals surface area contributed by atoms with Crippen molar-refractivity contribution in [2.45, 2.75) is 43.9 Å². The van der Waals surface area contributed by atoms with Gasteiger partial charge < -0.3 is 10.3 Å². The average molecular weight is 384 g/mol. The van der Waals surface area contributed by atoms with Gasteiger partial charge in [0.15, 0.2) is 4.21 Å². The fourth-order valence-electron chi connectivity index (χ4n) is 2.54. The van der Waals surface area contributed by atoms with Crippen molar-refractivity contribution in [1.29, 1.82) is 0 Å². The number of hydrogen-bond acceptors (Lipinski definition) is 5. The van der Waals surface area contributed by atoms with E-state index in [0.29, 0.717) is 23.6 Å². The van der Waals surface area contributed by atoms with Gasteiger partial charge in [0.25, 0.3) is 10.0 Å². The maximum Gasteiger partial charge on any atom is 0.305 e. The van der Waals surface area contributed by atoms with Crippen LogP contribution in [0.25, 0.3) is 0 Å². The molecule has 0 fully saturated rings. The molecule has 0 radical (unpaired) electrons. The molecule has 2 aromatic rings. The van der Waals surface area contributed by atoms with E-state index in [1.54, 1.807) is 6.92 Å². The van der Waals surface area contributed by atoms with E-state index in [-0.39, 0.29) is 21.7 Å². The Morgan fingerprint density at radius 3 is 2.40 bits per heavy atom. The van der Waals surface area contributed by atoms with Gasteiger partial charge in [0.2, 0.25) is 0 Å². The summed E-state index contributed by atoms with van der Waals surface area (Å²) in [6.07, 6.45) is 1.86. The van der Waals surface area contributed by atoms with E-state index in [2.05, 4.69) is 53.1 Å². The Hall–Kier alpha value is -1.48. The van der Waals surface area contributed by atoms with Crippen LogP contribution in [0.4, 0.5) is 0 Å². The van der Waals surface area contributed by atoms with Gasteiger partial charge in [-0.05, 0) is 32.3 Å². The van der Waals surface area contributed by atoms with E-state index >= 15 is 0 Å². The number of hydrogen-bond donors (Lipinski definition) is 3. The number of aryl methyl sites for hydroxylation is 2. The highest BCUT2D eigenvalue weighted by atomic mass is 32.2. The summed E-state index contributed by atoms with van der Waals surface area (Å²) < 4.78 is 27.0. The van der Waals surface area contributed by atoms with Gasteiger partial charge in [-0.1, -0.05) is 48.1 Å². The summed E-state index contributed by atoms with van der Waals surface area (Å²) in [5, 5.41) is 3.38. The molecule has 6 nitrogen and oxygen atoms in total. The molecule has 138 valence electrons. The fourth-order valence-corrected chi connectivity index (χ4v) is 4.92. The number of H-pyrrole nitrogens is 1. The molecular formula is C17H25N3O3S2. The number of rotatable bonds is 9. The Kier molecular flexibility index (Phi) is 6.95. The Morgan fingerprint density at radius 2 is 1.84 bits per heavy atom. The zero-order valence-electron chi connectivity index (χ0n) is 14.8. The molecule has 1 aromatic heterocycles. The van der Waals surface area contributed by atoms with Crippen LogP contribution < -0.4 is 14.9 Å². The second-order valence-electron chi connectivity index (χ2n) is 6.07. The Balaban J connectivity index is 1.83. The van der Waals surface area contributed by atoms with Crippen molar-refractivity contribution in [1.82, 2.24) is 15.0 Å². The molecule has 0 aliphatic heterocycles. The number of nitrogens with one attached hydrogen (secondary N) is 3. The lowest BCUT2D eigenvalue weighted by atomic mass is 10.0. The molecule has 0 bridgehead atoms. The summed E-state index contributed by atoms with van der Waals surface area (Å²) in [5.41, 5.74) is 2.88.